The van der Waals surface area contributed by atoms with E-state index in [2.05, 4.69) is 26.1 Å². The van der Waals surface area contributed by atoms with Crippen molar-refractivity contribution in [3.8, 4) is 0 Å². The summed E-state index contributed by atoms with van der Waals surface area (Å²) in [5.74, 6) is 1.87. The van der Waals surface area contributed by atoms with E-state index in [9.17, 15) is 13.2 Å². The fourth-order valence-corrected chi connectivity index (χ4v) is 5.41. The van der Waals surface area contributed by atoms with Crippen molar-refractivity contribution in [1.29, 1.82) is 0 Å². The van der Waals surface area contributed by atoms with E-state index in [0.717, 1.165) is 51.2 Å². The Balaban J connectivity index is 1.65. The van der Waals surface area contributed by atoms with Crippen LogP contribution in [0.3, 0.4) is 0 Å². The van der Waals surface area contributed by atoms with Crippen LogP contribution in [0.15, 0.2) is 57.9 Å². The third-order valence-electron chi connectivity index (χ3n) is 4.68. The lowest BCUT2D eigenvalue weighted by molar-refractivity contribution is -0.116. The summed E-state index contributed by atoms with van der Waals surface area (Å²) in [6, 6.07) is 14.0. The molecule has 0 saturated carbocycles. The maximum atomic E-state index is 12.7. The molecule has 1 fully saturated rings. The molecule has 0 aliphatic carbocycles. The van der Waals surface area contributed by atoms with Gasteiger partial charge >= 0.3 is 0 Å². The normalized spacial score (nSPS) is 15.4. The molecule has 1 heterocycles. The Hall–Kier alpha value is -1.39. The molecule has 1 aliphatic rings. The molecule has 1 aliphatic heterocycles. The van der Waals surface area contributed by atoms with Crippen LogP contribution < -0.4 is 5.32 Å². The minimum Gasteiger partial charge on any atom is -0.325 e. The van der Waals surface area contributed by atoms with Crippen LogP contribution in [0.1, 0.15) is 5.56 Å². The van der Waals surface area contributed by atoms with E-state index < -0.39 is 10.0 Å². The zero-order valence-corrected chi connectivity index (χ0v) is 19.4. The van der Waals surface area contributed by atoms with Crippen molar-refractivity contribution < 1.29 is 13.2 Å². The highest BCUT2D eigenvalue weighted by Gasteiger charge is 2.23. The number of thioether (sulfide) groups is 1. The van der Waals surface area contributed by atoms with Gasteiger partial charge in [0, 0.05) is 48.3 Å². The lowest BCUT2D eigenvalue weighted by atomic mass is 10.1. The summed E-state index contributed by atoms with van der Waals surface area (Å²) in [7, 11) is -2.32. The molecule has 0 unspecified atom stereocenters. The second-order valence-corrected chi connectivity index (χ2v) is 11.0. The first kappa shape index (κ1) is 22.3. The largest absolute Gasteiger partial charge is 0.325 e. The highest BCUT2D eigenvalue weighted by Crippen LogP contribution is 2.21. The Labute approximate surface area is 184 Å². The number of likely N-dealkylation sites (N-methyl/N-ethyl adjacent to an activating group) is 1. The molecular formula is C20H24BrN3O3S2. The smallest absolute Gasteiger partial charge is 0.243 e. The van der Waals surface area contributed by atoms with Crippen LogP contribution in [-0.2, 0) is 21.4 Å². The van der Waals surface area contributed by atoms with Crippen molar-refractivity contribution in [3.63, 3.8) is 0 Å². The van der Waals surface area contributed by atoms with Crippen molar-refractivity contribution >= 4 is 49.3 Å². The second kappa shape index (κ2) is 10.1. The van der Waals surface area contributed by atoms with Gasteiger partial charge in [-0.1, -0.05) is 34.1 Å². The number of carbonyl (C=O) groups is 1. The Kier molecular flexibility index (Phi) is 7.75. The fraction of sp³-hybridized carbons (Fsp3) is 0.350. The number of anilines is 1. The van der Waals surface area contributed by atoms with Gasteiger partial charge in [0.1, 0.15) is 0 Å². The zero-order chi connectivity index (χ0) is 20.9. The molecule has 9 heteroatoms. The van der Waals surface area contributed by atoms with Crippen molar-refractivity contribution in [1.82, 2.24) is 9.21 Å². The average molecular weight is 498 g/mol. The van der Waals surface area contributed by atoms with Crippen molar-refractivity contribution in [3.05, 3.63) is 58.6 Å². The van der Waals surface area contributed by atoms with Gasteiger partial charge in [-0.2, -0.15) is 16.1 Å². The van der Waals surface area contributed by atoms with E-state index in [1.54, 1.807) is 12.1 Å². The van der Waals surface area contributed by atoms with Gasteiger partial charge in [-0.25, -0.2) is 8.42 Å². The van der Waals surface area contributed by atoms with Gasteiger partial charge in [0.15, 0.2) is 0 Å². The Morgan fingerprint density at radius 2 is 1.79 bits per heavy atom. The molecule has 2 aromatic carbocycles. The molecule has 2 aromatic rings. The van der Waals surface area contributed by atoms with Crippen LogP contribution in [-0.4, -0.2) is 61.7 Å². The first-order valence-corrected chi connectivity index (χ1v) is 12.6. The van der Waals surface area contributed by atoms with Gasteiger partial charge in [0.05, 0.1) is 11.4 Å². The van der Waals surface area contributed by atoms with Crippen LogP contribution in [0.4, 0.5) is 5.69 Å². The van der Waals surface area contributed by atoms with E-state index in [4.69, 9.17) is 0 Å². The van der Waals surface area contributed by atoms with E-state index in [0.29, 0.717) is 0 Å². The van der Waals surface area contributed by atoms with Crippen molar-refractivity contribution in [2.45, 2.75) is 11.4 Å². The van der Waals surface area contributed by atoms with E-state index in [-0.39, 0.29) is 17.3 Å². The quantitative estimate of drug-likeness (QED) is 0.635. The number of nitrogens with one attached hydrogen (secondary N) is 1. The monoisotopic (exact) mass is 497 g/mol. The van der Waals surface area contributed by atoms with Gasteiger partial charge in [-0.05, 0) is 35.9 Å². The van der Waals surface area contributed by atoms with E-state index >= 15 is 0 Å². The van der Waals surface area contributed by atoms with Crippen molar-refractivity contribution in [2.75, 3.05) is 43.5 Å². The maximum Gasteiger partial charge on any atom is 0.243 e. The summed E-state index contributed by atoms with van der Waals surface area (Å²) in [6.07, 6.45) is 0. The molecule has 0 radical (unpaired) electrons. The average Bonchev–Trinajstić information content (AvgIpc) is 2.70. The Morgan fingerprint density at radius 3 is 2.48 bits per heavy atom. The number of nitrogens with zero attached hydrogens (tertiary/aromatic N) is 2. The van der Waals surface area contributed by atoms with Crippen molar-refractivity contribution in [2.24, 2.45) is 0 Å². The molecule has 156 valence electrons. The maximum absolute atomic E-state index is 12.7. The highest BCUT2D eigenvalue weighted by atomic mass is 79.9. The number of amides is 1. The lowest BCUT2D eigenvalue weighted by Crippen LogP contribution is -2.35. The number of hydrogen-bond acceptors (Lipinski definition) is 5. The summed E-state index contributed by atoms with van der Waals surface area (Å²) >= 11 is 5.25. The van der Waals surface area contributed by atoms with Gasteiger partial charge in [-0.3, -0.25) is 9.69 Å². The van der Waals surface area contributed by atoms with Crippen LogP contribution >= 0.6 is 27.7 Å². The summed E-state index contributed by atoms with van der Waals surface area (Å²) < 4.78 is 27.2. The predicted octanol–water partition coefficient (Wildman–Crippen LogP) is 3.26. The van der Waals surface area contributed by atoms with Gasteiger partial charge in [0.25, 0.3) is 0 Å². The molecule has 0 spiro atoms. The third-order valence-corrected chi connectivity index (χ3v) is 7.97. The second-order valence-electron chi connectivity index (χ2n) is 6.81. The highest BCUT2D eigenvalue weighted by molar-refractivity contribution is 9.10. The number of sulfonamides is 1. The first-order chi connectivity index (χ1) is 13.9. The SMILES string of the molecule is CN(CC(=O)Nc1ccccc1CN1CCSCC1)S(=O)(=O)c1ccc(Br)cc1. The third kappa shape index (κ3) is 6.05. The number of carbonyl (C=O) groups excluding carboxylic acids is 1. The van der Waals surface area contributed by atoms with Crippen LogP contribution in [0.2, 0.25) is 0 Å². The molecule has 3 rings (SSSR count). The zero-order valence-electron chi connectivity index (χ0n) is 16.2. The van der Waals surface area contributed by atoms with Gasteiger partial charge in [0.2, 0.25) is 15.9 Å². The van der Waals surface area contributed by atoms with Crippen LogP contribution in [0.5, 0.6) is 0 Å². The molecule has 1 N–H and O–H groups in total. The summed E-state index contributed by atoms with van der Waals surface area (Å²) in [4.78, 5) is 15.1. The van der Waals surface area contributed by atoms with Gasteiger partial charge < -0.3 is 5.32 Å². The molecule has 0 aromatic heterocycles. The molecule has 29 heavy (non-hydrogen) atoms. The van der Waals surface area contributed by atoms with Gasteiger partial charge in [-0.15, -0.1) is 0 Å². The molecule has 0 atom stereocenters. The minimum absolute atomic E-state index is 0.152. The standard InChI is InChI=1S/C20H24BrN3O3S2/c1-23(29(26,27)18-8-6-17(21)7-9-18)15-20(25)22-19-5-3-2-4-16(19)14-24-10-12-28-13-11-24/h2-9H,10-15H2,1H3,(H,22,25). The number of hydrogen-bond donors (Lipinski definition) is 1. The van der Waals surface area contributed by atoms with Crippen LogP contribution in [0.25, 0.3) is 0 Å². The Morgan fingerprint density at radius 1 is 1.14 bits per heavy atom. The summed E-state index contributed by atoms with van der Waals surface area (Å²) in [6.45, 7) is 2.57. The lowest BCUT2D eigenvalue weighted by Gasteiger charge is -2.27. The van der Waals surface area contributed by atoms with E-state index in [1.165, 1.54) is 19.2 Å². The topological polar surface area (TPSA) is 69.7 Å². The molecular weight excluding hydrogens is 474 g/mol. The molecule has 6 nitrogen and oxygen atoms in total. The number of para-hydroxylation sites is 1. The first-order valence-electron chi connectivity index (χ1n) is 9.26. The predicted molar refractivity (Wildman–Crippen MR) is 122 cm³/mol. The fourth-order valence-electron chi connectivity index (χ4n) is 3.04. The molecule has 1 amide bonds. The number of halogens is 1. The summed E-state index contributed by atoms with van der Waals surface area (Å²) in [5, 5.41) is 2.88. The number of benzene rings is 2. The van der Waals surface area contributed by atoms with E-state index in [1.807, 2.05) is 36.0 Å². The molecule has 1 saturated heterocycles. The number of rotatable bonds is 7. The summed E-state index contributed by atoms with van der Waals surface area (Å²) in [5.41, 5.74) is 1.76. The molecule has 0 bridgehead atoms. The minimum atomic E-state index is -3.73. The Bertz CT molecular complexity index is 946. The van der Waals surface area contributed by atoms with Crippen LogP contribution in [0, 0.1) is 0 Å².